The molecule has 2 heterocycles. The molecule has 31 heavy (non-hydrogen) atoms. The summed E-state index contributed by atoms with van der Waals surface area (Å²) in [6, 6.07) is 16.3. The summed E-state index contributed by atoms with van der Waals surface area (Å²) in [5.41, 5.74) is 3.28. The molecule has 1 saturated carbocycles. The van der Waals surface area contributed by atoms with E-state index in [9.17, 15) is 9.90 Å². The molecule has 2 aliphatic heterocycles. The van der Waals surface area contributed by atoms with Crippen LogP contribution in [0.1, 0.15) is 36.0 Å². The summed E-state index contributed by atoms with van der Waals surface area (Å²) in [4.78, 5) is 15.2. The monoisotopic (exact) mass is 418 g/mol. The van der Waals surface area contributed by atoms with Crippen molar-refractivity contribution in [2.24, 2.45) is 5.92 Å². The lowest BCUT2D eigenvalue weighted by atomic mass is 9.47. The van der Waals surface area contributed by atoms with Crippen molar-refractivity contribution in [1.29, 1.82) is 0 Å². The maximum atomic E-state index is 13.2. The molecule has 2 saturated heterocycles. The Hall–Kier alpha value is -2.37. The van der Waals surface area contributed by atoms with Crippen molar-refractivity contribution in [3.05, 3.63) is 65.2 Å². The minimum Gasteiger partial charge on any atom is -0.508 e. The van der Waals surface area contributed by atoms with Gasteiger partial charge in [-0.2, -0.15) is 0 Å². The number of rotatable bonds is 3. The number of phenolic OH excluding ortho intramolecular Hbond substituents is 1. The van der Waals surface area contributed by atoms with E-state index in [2.05, 4.69) is 11.4 Å². The third kappa shape index (κ3) is 2.53. The van der Waals surface area contributed by atoms with E-state index in [-0.39, 0.29) is 28.9 Å². The van der Waals surface area contributed by atoms with Crippen LogP contribution in [-0.4, -0.2) is 53.8 Å². The molecule has 6 rings (SSSR count). The van der Waals surface area contributed by atoms with Crippen molar-refractivity contribution < 1.29 is 14.6 Å². The SMILES string of the molecule is CN(C(=O)Cc1ccccc1)C1CCC23OCC1C21CCNC3Cc2ccc(O)cc21. The molecule has 2 aliphatic carbocycles. The number of fused-ring (bicyclic) bond motifs is 1. The van der Waals surface area contributed by atoms with Crippen molar-refractivity contribution in [1.82, 2.24) is 10.2 Å². The van der Waals surface area contributed by atoms with Gasteiger partial charge in [-0.05, 0) is 61.1 Å². The molecule has 2 N–H and O–H groups in total. The van der Waals surface area contributed by atoms with Gasteiger partial charge >= 0.3 is 0 Å². The fraction of sp³-hybridized carbons (Fsp3) is 0.500. The third-order valence-electron chi connectivity index (χ3n) is 8.74. The molecular weight excluding hydrogens is 388 g/mol. The Morgan fingerprint density at radius 1 is 1.23 bits per heavy atom. The highest BCUT2D eigenvalue weighted by atomic mass is 16.5. The molecule has 1 amide bonds. The number of benzene rings is 2. The molecule has 0 aromatic heterocycles. The molecule has 2 aromatic carbocycles. The summed E-state index contributed by atoms with van der Waals surface area (Å²) < 4.78 is 6.72. The zero-order valence-electron chi connectivity index (χ0n) is 18.0. The predicted molar refractivity (Wildman–Crippen MR) is 118 cm³/mol. The van der Waals surface area contributed by atoms with Gasteiger partial charge in [-0.15, -0.1) is 0 Å². The average Bonchev–Trinajstić information content (AvgIpc) is 3.01. The predicted octanol–water partition coefficient (Wildman–Crippen LogP) is 2.80. The zero-order valence-corrected chi connectivity index (χ0v) is 18.0. The lowest BCUT2D eigenvalue weighted by molar-refractivity contribution is -0.137. The Balaban J connectivity index is 1.38. The van der Waals surface area contributed by atoms with Crippen molar-refractivity contribution in [2.75, 3.05) is 20.2 Å². The fourth-order valence-electron chi connectivity index (χ4n) is 7.43. The van der Waals surface area contributed by atoms with Crippen LogP contribution in [0.25, 0.3) is 0 Å². The van der Waals surface area contributed by atoms with Crippen LogP contribution in [0.4, 0.5) is 0 Å². The molecule has 5 atom stereocenters. The number of piperidine rings is 1. The van der Waals surface area contributed by atoms with Gasteiger partial charge in [0.05, 0.1) is 18.6 Å². The van der Waals surface area contributed by atoms with E-state index in [0.717, 1.165) is 37.8 Å². The number of likely N-dealkylation sites (N-methyl/N-ethyl adjacent to an activating group) is 1. The number of carbonyl (C=O) groups excluding carboxylic acids is 1. The topological polar surface area (TPSA) is 61.8 Å². The largest absolute Gasteiger partial charge is 0.508 e. The number of amides is 1. The first-order valence-corrected chi connectivity index (χ1v) is 11.5. The van der Waals surface area contributed by atoms with E-state index in [1.165, 1.54) is 11.1 Å². The summed E-state index contributed by atoms with van der Waals surface area (Å²) in [6.07, 6.45) is 4.28. The zero-order chi connectivity index (χ0) is 21.2. The highest BCUT2D eigenvalue weighted by Crippen LogP contribution is 2.64. The second-order valence-electron chi connectivity index (χ2n) is 9.85. The molecule has 4 bridgehead atoms. The van der Waals surface area contributed by atoms with Crippen LogP contribution in [0.2, 0.25) is 0 Å². The minimum atomic E-state index is -0.226. The minimum absolute atomic E-state index is 0.139. The number of ether oxygens (including phenoxy) is 1. The number of phenols is 1. The van der Waals surface area contributed by atoms with E-state index in [1.54, 1.807) is 0 Å². The van der Waals surface area contributed by atoms with Crippen LogP contribution < -0.4 is 5.32 Å². The van der Waals surface area contributed by atoms with Crippen LogP contribution in [0.3, 0.4) is 0 Å². The van der Waals surface area contributed by atoms with E-state index >= 15 is 0 Å². The molecule has 5 nitrogen and oxygen atoms in total. The lowest BCUT2D eigenvalue weighted by Gasteiger charge is -2.62. The van der Waals surface area contributed by atoms with Crippen LogP contribution in [0.15, 0.2) is 48.5 Å². The second-order valence-corrected chi connectivity index (χ2v) is 9.85. The molecule has 5 unspecified atom stereocenters. The van der Waals surface area contributed by atoms with Gasteiger partial charge in [0.15, 0.2) is 0 Å². The van der Waals surface area contributed by atoms with Gasteiger partial charge in [0.1, 0.15) is 5.75 Å². The van der Waals surface area contributed by atoms with Gasteiger partial charge < -0.3 is 20.1 Å². The molecule has 0 radical (unpaired) electrons. The van der Waals surface area contributed by atoms with E-state index < -0.39 is 0 Å². The third-order valence-corrected chi connectivity index (χ3v) is 8.74. The molecule has 3 fully saturated rings. The maximum Gasteiger partial charge on any atom is 0.226 e. The fourth-order valence-corrected chi connectivity index (χ4v) is 7.43. The molecule has 0 spiro atoms. The normalized spacial score (nSPS) is 35.2. The smallest absolute Gasteiger partial charge is 0.226 e. The van der Waals surface area contributed by atoms with E-state index in [0.29, 0.717) is 24.8 Å². The number of hydrogen-bond donors (Lipinski definition) is 2. The maximum absolute atomic E-state index is 13.2. The Bertz CT molecular complexity index is 1020. The molecule has 4 aliphatic rings. The molecule has 162 valence electrons. The van der Waals surface area contributed by atoms with Crippen molar-refractivity contribution in [3.63, 3.8) is 0 Å². The number of hydrogen-bond acceptors (Lipinski definition) is 4. The van der Waals surface area contributed by atoms with Gasteiger partial charge in [0.2, 0.25) is 5.91 Å². The van der Waals surface area contributed by atoms with Gasteiger partial charge in [-0.3, -0.25) is 4.79 Å². The summed E-state index contributed by atoms with van der Waals surface area (Å²) in [5.74, 6) is 0.746. The highest BCUT2D eigenvalue weighted by Gasteiger charge is 2.72. The summed E-state index contributed by atoms with van der Waals surface area (Å²) in [6.45, 7) is 1.64. The van der Waals surface area contributed by atoms with Gasteiger partial charge in [-0.1, -0.05) is 36.4 Å². The van der Waals surface area contributed by atoms with Gasteiger partial charge in [0, 0.05) is 30.5 Å². The number of aromatic hydroxyl groups is 1. The highest BCUT2D eigenvalue weighted by molar-refractivity contribution is 5.79. The van der Waals surface area contributed by atoms with Crippen LogP contribution in [0.5, 0.6) is 5.75 Å². The second kappa shape index (κ2) is 6.81. The first-order chi connectivity index (χ1) is 15.0. The number of nitrogens with one attached hydrogen (secondary N) is 1. The van der Waals surface area contributed by atoms with Crippen LogP contribution >= 0.6 is 0 Å². The van der Waals surface area contributed by atoms with Crippen LogP contribution in [-0.2, 0) is 27.8 Å². The number of carbonyl (C=O) groups is 1. The van der Waals surface area contributed by atoms with E-state index in [4.69, 9.17) is 4.74 Å². The first-order valence-electron chi connectivity index (χ1n) is 11.5. The average molecular weight is 419 g/mol. The Labute approximate surface area is 183 Å². The molecule has 5 heteroatoms. The molecule has 2 aromatic rings. The molecular formula is C26H30N2O3. The Morgan fingerprint density at radius 3 is 2.90 bits per heavy atom. The Kier molecular flexibility index (Phi) is 4.25. The van der Waals surface area contributed by atoms with Crippen molar-refractivity contribution >= 4 is 5.91 Å². The summed E-state index contributed by atoms with van der Waals surface area (Å²) >= 11 is 0. The van der Waals surface area contributed by atoms with Crippen LogP contribution in [0, 0.1) is 5.92 Å². The van der Waals surface area contributed by atoms with Crippen molar-refractivity contribution in [2.45, 2.75) is 55.2 Å². The van der Waals surface area contributed by atoms with Gasteiger partial charge in [-0.25, -0.2) is 0 Å². The summed E-state index contributed by atoms with van der Waals surface area (Å²) in [7, 11) is 1.97. The Morgan fingerprint density at radius 2 is 2.06 bits per heavy atom. The van der Waals surface area contributed by atoms with Gasteiger partial charge in [0.25, 0.3) is 0 Å². The quantitative estimate of drug-likeness (QED) is 0.805. The summed E-state index contributed by atoms with van der Waals surface area (Å²) in [5, 5.41) is 14.1. The van der Waals surface area contributed by atoms with Crippen molar-refractivity contribution in [3.8, 4) is 5.75 Å². The lowest BCUT2D eigenvalue weighted by Crippen LogP contribution is -2.73. The first kappa shape index (κ1) is 19.3. The number of nitrogens with zero attached hydrogens (tertiary/aromatic N) is 1. The van der Waals surface area contributed by atoms with E-state index in [1.807, 2.05) is 54.4 Å². The standard InChI is InChI=1S/C26H30N2O3/c1-28(24(30)13-17-5-3-2-4-6-17)22-9-10-26-23-14-18-7-8-19(29)15-20(18)25(26,11-12-27-23)21(22)16-31-26/h2-8,15,21-23,27,29H,9-14,16H2,1H3.